The lowest BCUT2D eigenvalue weighted by atomic mass is 10.0. The monoisotopic (exact) mass is 491 g/mol. The van der Waals surface area contributed by atoms with Crippen LogP contribution in [-0.2, 0) is 26.2 Å². The summed E-state index contributed by atoms with van der Waals surface area (Å²) in [5, 5.41) is 2.50. The molecule has 4 heteroatoms. The van der Waals surface area contributed by atoms with E-state index in [9.17, 15) is 4.39 Å². The summed E-state index contributed by atoms with van der Waals surface area (Å²) < 4.78 is 16.6. The van der Waals surface area contributed by atoms with Crippen molar-refractivity contribution in [1.82, 2.24) is 14.5 Å². The van der Waals surface area contributed by atoms with Gasteiger partial charge in [-0.15, -0.1) is 0 Å². The van der Waals surface area contributed by atoms with Crippen molar-refractivity contribution in [2.75, 3.05) is 0 Å². The van der Waals surface area contributed by atoms with Gasteiger partial charge in [0.1, 0.15) is 11.6 Å². The quantitative estimate of drug-likeness (QED) is 0.196. The van der Waals surface area contributed by atoms with Gasteiger partial charge in [-0.3, -0.25) is 4.90 Å². The van der Waals surface area contributed by atoms with Crippen LogP contribution in [0.5, 0.6) is 0 Å². The Balaban J connectivity index is 1.52. The van der Waals surface area contributed by atoms with Gasteiger partial charge in [0, 0.05) is 31.7 Å². The van der Waals surface area contributed by atoms with Crippen LogP contribution in [0.2, 0.25) is 0 Å². The first kappa shape index (κ1) is 24.9. The van der Waals surface area contributed by atoms with Gasteiger partial charge in [0.2, 0.25) is 0 Å². The summed E-state index contributed by atoms with van der Waals surface area (Å²) in [7, 11) is 0. The van der Waals surface area contributed by atoms with E-state index in [4.69, 9.17) is 4.98 Å². The molecular weight excluding hydrogens is 457 g/mol. The number of hydrogen-bond donors (Lipinski definition) is 0. The van der Waals surface area contributed by atoms with Crippen LogP contribution >= 0.6 is 0 Å². The van der Waals surface area contributed by atoms with Gasteiger partial charge >= 0.3 is 0 Å². The number of imidazole rings is 1. The van der Waals surface area contributed by atoms with Gasteiger partial charge < -0.3 is 4.57 Å². The van der Waals surface area contributed by atoms with Crippen LogP contribution in [0.4, 0.5) is 4.39 Å². The molecule has 188 valence electrons. The predicted molar refractivity (Wildman–Crippen MR) is 151 cm³/mol. The maximum Gasteiger partial charge on any atom is 0.140 e. The van der Waals surface area contributed by atoms with Crippen molar-refractivity contribution < 1.29 is 4.39 Å². The molecule has 0 N–H and O–H groups in total. The van der Waals surface area contributed by atoms with Crippen molar-refractivity contribution in [3.8, 4) is 11.4 Å². The average molecular weight is 492 g/mol. The van der Waals surface area contributed by atoms with Crippen molar-refractivity contribution >= 4 is 10.8 Å². The van der Waals surface area contributed by atoms with Crippen molar-refractivity contribution in [1.29, 1.82) is 0 Å². The van der Waals surface area contributed by atoms with Crippen LogP contribution in [-0.4, -0.2) is 14.5 Å². The van der Waals surface area contributed by atoms with Crippen LogP contribution < -0.4 is 0 Å². The number of aromatic nitrogens is 2. The zero-order valence-corrected chi connectivity index (χ0v) is 21.7. The second kappa shape index (κ2) is 11.5. The van der Waals surface area contributed by atoms with Crippen LogP contribution in [0.1, 0.15) is 42.1 Å². The van der Waals surface area contributed by atoms with Gasteiger partial charge in [0.05, 0.1) is 11.9 Å². The lowest BCUT2D eigenvalue weighted by Crippen LogP contribution is -2.25. The lowest BCUT2D eigenvalue weighted by molar-refractivity contribution is 0.241. The van der Waals surface area contributed by atoms with E-state index in [-0.39, 0.29) is 5.82 Å². The molecule has 5 aromatic rings. The highest BCUT2D eigenvalue weighted by atomic mass is 19.1. The van der Waals surface area contributed by atoms with E-state index in [2.05, 4.69) is 90.0 Å². The van der Waals surface area contributed by atoms with E-state index < -0.39 is 0 Å². The molecular formula is C33H34FN3. The van der Waals surface area contributed by atoms with Crippen molar-refractivity contribution in [3.63, 3.8) is 0 Å². The molecule has 0 unspecified atom stereocenters. The Morgan fingerprint density at radius 1 is 0.811 bits per heavy atom. The molecule has 0 saturated heterocycles. The molecule has 0 aliphatic heterocycles. The smallest absolute Gasteiger partial charge is 0.140 e. The van der Waals surface area contributed by atoms with E-state index in [0.29, 0.717) is 6.54 Å². The zero-order chi connectivity index (χ0) is 25.6. The molecule has 0 saturated carbocycles. The fourth-order valence-electron chi connectivity index (χ4n) is 5.04. The predicted octanol–water partition coefficient (Wildman–Crippen LogP) is 8.15. The van der Waals surface area contributed by atoms with Gasteiger partial charge in [-0.2, -0.15) is 0 Å². The van der Waals surface area contributed by atoms with Crippen LogP contribution in [0, 0.1) is 12.7 Å². The summed E-state index contributed by atoms with van der Waals surface area (Å²) in [6.07, 6.45) is 4.23. The normalized spacial score (nSPS) is 11.5. The first-order valence-corrected chi connectivity index (χ1v) is 13.2. The summed E-state index contributed by atoms with van der Waals surface area (Å²) in [6.45, 7) is 7.35. The van der Waals surface area contributed by atoms with Gasteiger partial charge in [-0.25, -0.2) is 9.37 Å². The fraction of sp³-hybridized carbons (Fsp3) is 0.242. The minimum atomic E-state index is -0.190. The summed E-state index contributed by atoms with van der Waals surface area (Å²) in [4.78, 5) is 7.28. The first-order valence-electron chi connectivity index (χ1n) is 13.2. The first-order chi connectivity index (χ1) is 18.1. The minimum absolute atomic E-state index is 0.190. The molecule has 0 amide bonds. The average Bonchev–Trinajstić information content (AvgIpc) is 3.32. The molecule has 0 fully saturated rings. The van der Waals surface area contributed by atoms with Gasteiger partial charge in [-0.1, -0.05) is 92.2 Å². The Kier molecular flexibility index (Phi) is 7.76. The third-order valence-corrected chi connectivity index (χ3v) is 7.07. The molecule has 0 aliphatic carbocycles. The zero-order valence-electron chi connectivity index (χ0n) is 21.7. The highest BCUT2D eigenvalue weighted by molar-refractivity contribution is 5.85. The fourth-order valence-corrected chi connectivity index (χ4v) is 5.04. The number of rotatable bonds is 10. The summed E-state index contributed by atoms with van der Waals surface area (Å²) in [5.74, 6) is 0.821. The molecule has 0 bridgehead atoms. The molecule has 5 rings (SSSR count). The highest BCUT2D eigenvalue weighted by Crippen LogP contribution is 2.25. The minimum Gasteiger partial charge on any atom is -0.327 e. The molecule has 0 spiro atoms. The Morgan fingerprint density at radius 2 is 1.57 bits per heavy atom. The second-order valence-electron chi connectivity index (χ2n) is 9.80. The number of fused-ring (bicyclic) bond motifs is 1. The number of aryl methyl sites for hydroxylation is 1. The lowest BCUT2D eigenvalue weighted by Gasteiger charge is -2.25. The number of benzene rings is 4. The summed E-state index contributed by atoms with van der Waals surface area (Å²) >= 11 is 0. The third-order valence-electron chi connectivity index (χ3n) is 7.07. The van der Waals surface area contributed by atoms with Crippen molar-refractivity contribution in [3.05, 3.63) is 125 Å². The Bertz CT molecular complexity index is 1470. The number of nitrogens with zero attached hydrogens (tertiary/aromatic N) is 3. The van der Waals surface area contributed by atoms with E-state index in [1.807, 2.05) is 18.3 Å². The third kappa shape index (κ3) is 5.81. The molecule has 3 nitrogen and oxygen atoms in total. The topological polar surface area (TPSA) is 21.1 Å². The standard InChI is InChI=1S/C33H34FN3/c1-3-4-19-37-31(21-35-33(37)27-12-6-5-7-13-27)24-36(23-29-20-30(34)18-17-25(29)2)22-28-15-10-14-26-11-8-9-16-32(26)28/h5-18,20-21H,3-4,19,22-24H2,1-2H3. The summed E-state index contributed by atoms with van der Waals surface area (Å²) in [5.41, 5.74) is 5.71. The summed E-state index contributed by atoms with van der Waals surface area (Å²) in [6, 6.07) is 30.5. The SMILES string of the molecule is CCCCn1c(CN(Cc2cc(F)ccc2C)Cc2cccc3ccccc23)cnc1-c1ccccc1. The molecule has 0 radical (unpaired) electrons. The number of halogens is 1. The molecule has 0 atom stereocenters. The number of unbranched alkanes of at least 4 members (excludes halogenated alkanes) is 1. The largest absolute Gasteiger partial charge is 0.327 e. The van der Waals surface area contributed by atoms with Crippen molar-refractivity contribution in [2.45, 2.75) is 52.9 Å². The molecule has 1 heterocycles. The van der Waals surface area contributed by atoms with Crippen molar-refractivity contribution in [2.24, 2.45) is 0 Å². The molecule has 0 aliphatic rings. The molecule has 37 heavy (non-hydrogen) atoms. The van der Waals surface area contributed by atoms with Gasteiger partial charge in [0.15, 0.2) is 0 Å². The Hall–Kier alpha value is -3.76. The second-order valence-corrected chi connectivity index (χ2v) is 9.80. The van der Waals surface area contributed by atoms with E-state index in [1.54, 1.807) is 12.1 Å². The van der Waals surface area contributed by atoms with E-state index in [0.717, 1.165) is 55.0 Å². The van der Waals surface area contributed by atoms with Crippen LogP contribution in [0.15, 0.2) is 97.2 Å². The molecule has 4 aromatic carbocycles. The van der Waals surface area contributed by atoms with Gasteiger partial charge in [-0.05, 0) is 52.9 Å². The maximum absolute atomic E-state index is 14.2. The Labute approximate surface area is 219 Å². The van der Waals surface area contributed by atoms with Crippen LogP contribution in [0.3, 0.4) is 0 Å². The van der Waals surface area contributed by atoms with Crippen LogP contribution in [0.25, 0.3) is 22.2 Å². The van der Waals surface area contributed by atoms with Gasteiger partial charge in [0.25, 0.3) is 0 Å². The van der Waals surface area contributed by atoms with E-state index >= 15 is 0 Å². The Morgan fingerprint density at radius 3 is 2.41 bits per heavy atom. The number of hydrogen-bond acceptors (Lipinski definition) is 2. The maximum atomic E-state index is 14.2. The van der Waals surface area contributed by atoms with E-state index in [1.165, 1.54) is 22.0 Å². The highest BCUT2D eigenvalue weighted by Gasteiger charge is 2.17. The molecule has 1 aromatic heterocycles.